The fourth-order valence-electron chi connectivity index (χ4n) is 1.96. The summed E-state index contributed by atoms with van der Waals surface area (Å²) in [5.74, 6) is 2.76. The molecule has 0 atom stereocenters. The fraction of sp³-hybridized carbons (Fsp3) is 0.312. The van der Waals surface area contributed by atoms with Gasteiger partial charge in [0.05, 0.1) is 5.75 Å². The lowest BCUT2D eigenvalue weighted by atomic mass is 10.3. The number of thioether (sulfide) groups is 2. The first-order valence-electron chi connectivity index (χ1n) is 8.24. The van der Waals surface area contributed by atoms with Gasteiger partial charge in [-0.15, -0.1) is 10.2 Å². The Kier molecular flexibility index (Phi) is 7.50. The largest absolute Gasteiger partial charge is 0.368 e. The first kappa shape index (κ1) is 20.1. The van der Waals surface area contributed by atoms with Gasteiger partial charge < -0.3 is 11.1 Å². The molecule has 0 aliphatic rings. The van der Waals surface area contributed by atoms with Crippen molar-refractivity contribution in [1.29, 1.82) is 0 Å². The molecule has 142 valence electrons. The number of nitrogens with one attached hydrogen (secondary N) is 1. The van der Waals surface area contributed by atoms with Crippen molar-refractivity contribution in [3.8, 4) is 0 Å². The lowest BCUT2D eigenvalue weighted by Gasteiger charge is -2.07. The Balaban J connectivity index is 1.60. The zero-order valence-electron chi connectivity index (χ0n) is 14.6. The predicted molar refractivity (Wildman–Crippen MR) is 114 cm³/mol. The summed E-state index contributed by atoms with van der Waals surface area (Å²) < 4.78 is 1.88. The number of unbranched alkanes of at least 4 members (excludes halogenated alkanes) is 1. The quantitative estimate of drug-likeness (QED) is 0.356. The summed E-state index contributed by atoms with van der Waals surface area (Å²) in [7, 11) is 0. The van der Waals surface area contributed by atoms with Crippen LogP contribution in [0.15, 0.2) is 32.9 Å². The molecule has 7 nitrogen and oxygen atoms in total. The molecule has 0 amide bonds. The number of hydrogen-bond acceptors (Lipinski definition) is 10. The van der Waals surface area contributed by atoms with Crippen LogP contribution in [0, 0.1) is 0 Å². The maximum atomic E-state index is 5.90. The summed E-state index contributed by atoms with van der Waals surface area (Å²) in [5, 5.41) is 12.2. The van der Waals surface area contributed by atoms with E-state index >= 15 is 0 Å². The Morgan fingerprint density at radius 3 is 2.56 bits per heavy atom. The molecule has 3 rings (SSSR count). The Bertz CT molecular complexity index is 873. The molecule has 0 unspecified atom stereocenters. The van der Waals surface area contributed by atoms with Gasteiger partial charge >= 0.3 is 0 Å². The Morgan fingerprint density at radius 2 is 1.81 bits per heavy atom. The van der Waals surface area contributed by atoms with E-state index in [4.69, 9.17) is 17.3 Å². The predicted octanol–water partition coefficient (Wildman–Crippen LogP) is 4.89. The number of hydrogen-bond donors (Lipinski definition) is 2. The fourth-order valence-corrected chi connectivity index (χ4v) is 5.12. The molecule has 0 aliphatic heterocycles. The number of rotatable bonds is 9. The molecule has 0 saturated carbocycles. The van der Waals surface area contributed by atoms with Crippen LogP contribution >= 0.6 is 46.5 Å². The van der Waals surface area contributed by atoms with Crippen LogP contribution in [0.4, 0.5) is 17.6 Å². The molecule has 0 spiro atoms. The maximum absolute atomic E-state index is 5.90. The third-order valence-electron chi connectivity index (χ3n) is 3.24. The third-order valence-corrected chi connectivity index (χ3v) is 6.76. The smallest absolute Gasteiger partial charge is 0.232 e. The normalized spacial score (nSPS) is 10.9. The highest BCUT2D eigenvalue weighted by Gasteiger charge is 2.09. The molecule has 0 bridgehead atoms. The molecular weight excluding hydrogens is 422 g/mol. The summed E-state index contributed by atoms with van der Waals surface area (Å²) in [6, 6.07) is 7.26. The van der Waals surface area contributed by atoms with E-state index < -0.39 is 0 Å². The van der Waals surface area contributed by atoms with Gasteiger partial charge in [0.25, 0.3) is 0 Å². The average Bonchev–Trinajstić information content (AvgIpc) is 3.10. The van der Waals surface area contributed by atoms with Gasteiger partial charge in [0.2, 0.25) is 11.9 Å². The SMILES string of the molecule is CCCCSc1nnc(SCc2nc(N)nc(Nc3ccc(Cl)cc3)n2)s1. The minimum Gasteiger partial charge on any atom is -0.368 e. The van der Waals surface area contributed by atoms with Gasteiger partial charge in [0, 0.05) is 16.5 Å². The molecule has 3 N–H and O–H groups in total. The minimum absolute atomic E-state index is 0.171. The Morgan fingerprint density at radius 1 is 1.07 bits per heavy atom. The monoisotopic (exact) mass is 439 g/mol. The molecule has 3 aromatic rings. The van der Waals surface area contributed by atoms with Crippen LogP contribution in [0.1, 0.15) is 25.6 Å². The van der Waals surface area contributed by atoms with Gasteiger partial charge in [-0.25, -0.2) is 0 Å². The number of nitrogens with two attached hydrogens (primary N) is 1. The molecule has 11 heteroatoms. The van der Waals surface area contributed by atoms with Crippen molar-refractivity contribution in [3.05, 3.63) is 35.1 Å². The first-order valence-corrected chi connectivity index (χ1v) is 11.4. The van der Waals surface area contributed by atoms with E-state index in [0.717, 1.165) is 20.1 Å². The average molecular weight is 440 g/mol. The molecule has 0 radical (unpaired) electrons. The van der Waals surface area contributed by atoms with Gasteiger partial charge in [-0.3, -0.25) is 0 Å². The van der Waals surface area contributed by atoms with Gasteiger partial charge in [-0.2, -0.15) is 15.0 Å². The summed E-state index contributed by atoms with van der Waals surface area (Å²) in [6.07, 6.45) is 2.36. The minimum atomic E-state index is 0.171. The molecule has 0 aliphatic carbocycles. The molecule has 1 aromatic carbocycles. The van der Waals surface area contributed by atoms with Crippen LogP contribution in [-0.4, -0.2) is 30.9 Å². The Hall–Kier alpha value is -1.62. The summed E-state index contributed by atoms with van der Waals surface area (Å²) in [4.78, 5) is 12.7. The standard InChI is InChI=1S/C16H18ClN7S3/c1-2-3-8-25-15-23-24-16(27-15)26-9-12-20-13(18)22-14(21-12)19-11-6-4-10(17)5-7-11/h4-7H,2-3,8-9H2,1H3,(H3,18,19,20,21,22). The molecule has 0 saturated heterocycles. The molecular formula is C16H18ClN7S3. The van der Waals surface area contributed by atoms with E-state index in [1.807, 2.05) is 12.1 Å². The van der Waals surface area contributed by atoms with Crippen LogP contribution in [0.2, 0.25) is 5.02 Å². The molecule has 0 fully saturated rings. The van der Waals surface area contributed by atoms with E-state index in [1.54, 1.807) is 35.2 Å². The number of nitrogen functional groups attached to an aromatic ring is 1. The summed E-state index contributed by atoms with van der Waals surface area (Å²) in [6.45, 7) is 2.18. The van der Waals surface area contributed by atoms with E-state index in [1.165, 1.54) is 24.6 Å². The molecule has 2 aromatic heterocycles. The number of anilines is 3. The van der Waals surface area contributed by atoms with E-state index in [9.17, 15) is 0 Å². The second-order valence-corrected chi connectivity index (χ2v) is 9.37. The van der Waals surface area contributed by atoms with Crippen molar-refractivity contribution >= 4 is 64.0 Å². The second-order valence-electron chi connectivity index (χ2n) is 5.39. The van der Waals surface area contributed by atoms with Crippen molar-refractivity contribution < 1.29 is 0 Å². The first-order chi connectivity index (χ1) is 13.1. The number of aromatic nitrogens is 5. The van der Waals surface area contributed by atoms with Gasteiger partial charge in [-0.1, -0.05) is 59.8 Å². The van der Waals surface area contributed by atoms with Crippen LogP contribution in [0.3, 0.4) is 0 Å². The van der Waals surface area contributed by atoms with Crippen LogP contribution in [0.5, 0.6) is 0 Å². The summed E-state index contributed by atoms with van der Waals surface area (Å²) in [5.41, 5.74) is 6.64. The number of halogens is 1. The third kappa shape index (κ3) is 6.49. The van der Waals surface area contributed by atoms with E-state index in [2.05, 4.69) is 37.4 Å². The van der Waals surface area contributed by atoms with Crippen molar-refractivity contribution in [2.24, 2.45) is 0 Å². The summed E-state index contributed by atoms with van der Waals surface area (Å²) >= 11 is 10.8. The van der Waals surface area contributed by atoms with Gasteiger partial charge in [0.15, 0.2) is 8.68 Å². The zero-order chi connectivity index (χ0) is 19.1. The highest BCUT2D eigenvalue weighted by molar-refractivity contribution is 8.02. The van der Waals surface area contributed by atoms with Gasteiger partial charge in [-0.05, 0) is 30.7 Å². The van der Waals surface area contributed by atoms with E-state index in [-0.39, 0.29) is 5.95 Å². The lowest BCUT2D eigenvalue weighted by Crippen LogP contribution is -2.06. The maximum Gasteiger partial charge on any atom is 0.232 e. The van der Waals surface area contributed by atoms with Crippen molar-refractivity contribution in [3.63, 3.8) is 0 Å². The van der Waals surface area contributed by atoms with Crippen molar-refractivity contribution in [2.45, 2.75) is 34.2 Å². The second kappa shape index (κ2) is 10.1. The Labute approximate surface area is 175 Å². The topological polar surface area (TPSA) is 102 Å². The van der Waals surface area contributed by atoms with Gasteiger partial charge in [0.1, 0.15) is 5.82 Å². The lowest BCUT2D eigenvalue weighted by molar-refractivity contribution is 0.892. The molecule has 2 heterocycles. The van der Waals surface area contributed by atoms with Crippen molar-refractivity contribution in [1.82, 2.24) is 25.1 Å². The highest BCUT2D eigenvalue weighted by atomic mass is 35.5. The van der Waals surface area contributed by atoms with Crippen LogP contribution < -0.4 is 11.1 Å². The van der Waals surface area contributed by atoms with Crippen LogP contribution in [0.25, 0.3) is 0 Å². The highest BCUT2D eigenvalue weighted by Crippen LogP contribution is 2.30. The molecule has 27 heavy (non-hydrogen) atoms. The zero-order valence-corrected chi connectivity index (χ0v) is 17.8. The van der Waals surface area contributed by atoms with E-state index in [0.29, 0.717) is 22.5 Å². The number of benzene rings is 1. The number of nitrogens with zero attached hydrogens (tertiary/aromatic N) is 5. The van der Waals surface area contributed by atoms with Crippen LogP contribution in [-0.2, 0) is 5.75 Å². The van der Waals surface area contributed by atoms with Crippen molar-refractivity contribution in [2.75, 3.05) is 16.8 Å².